The van der Waals surface area contributed by atoms with E-state index in [1.54, 1.807) is 18.3 Å². The van der Waals surface area contributed by atoms with Crippen molar-refractivity contribution in [3.63, 3.8) is 0 Å². The van der Waals surface area contributed by atoms with Gasteiger partial charge in [0.1, 0.15) is 28.2 Å². The van der Waals surface area contributed by atoms with Gasteiger partial charge in [-0.15, -0.1) is 0 Å². The molecule has 29 aromatic rings. The molecule has 6 heterocycles. The normalized spacial score (nSPS) is 11.6. The van der Waals surface area contributed by atoms with Crippen molar-refractivity contribution < 1.29 is 18.9 Å². The zero-order valence-corrected chi connectivity index (χ0v) is 77.9. The van der Waals surface area contributed by atoms with Crippen LogP contribution in [0, 0.1) is 0 Å². The zero-order chi connectivity index (χ0) is 93.8. The molecule has 29 rings (SSSR count). The van der Waals surface area contributed by atoms with Crippen molar-refractivity contribution in [2.75, 3.05) is 9.80 Å². The second-order valence-corrected chi connectivity index (χ2v) is 36.5. The number of pyridine rings is 1. The Hall–Kier alpha value is -18.6. The van der Waals surface area contributed by atoms with Gasteiger partial charge in [-0.25, -0.2) is 9.97 Å². The summed E-state index contributed by atoms with van der Waals surface area (Å²) in [5, 5.41) is 33.4. The van der Waals surface area contributed by atoms with Gasteiger partial charge >= 0.3 is 0 Å². The molecule has 2 radical (unpaired) electrons. The quantitative estimate of drug-likeness (QED) is 0.0843. The Kier molecular flexibility index (Phi) is 21.1. The van der Waals surface area contributed by atoms with Crippen LogP contribution >= 0.6 is 0 Å². The molecule has 0 amide bonds. The average molecular weight is 1820 g/mol. The molecule has 0 unspecified atom stereocenters. The number of benzene rings is 23. The van der Waals surface area contributed by atoms with E-state index in [9.17, 15) is 5.11 Å². The van der Waals surface area contributed by atoms with Gasteiger partial charge < -0.3 is 51.7 Å². The van der Waals surface area contributed by atoms with Crippen LogP contribution in [0.2, 0.25) is 0 Å². The molecule has 0 saturated heterocycles. The Balaban J connectivity index is 0.000000136. The van der Waals surface area contributed by atoms with Crippen LogP contribution in [0.3, 0.4) is 0 Å². The van der Waals surface area contributed by atoms with Crippen LogP contribution in [0.15, 0.2) is 519 Å². The molecule has 0 aliphatic heterocycles. The molecule has 0 aliphatic carbocycles. The van der Waals surface area contributed by atoms with Crippen LogP contribution in [0.4, 0.5) is 34.1 Å². The van der Waals surface area contributed by atoms with Crippen molar-refractivity contribution in [3.8, 4) is 67.6 Å². The average Bonchev–Trinajstić information content (AvgIpc) is 0.869. The van der Waals surface area contributed by atoms with Gasteiger partial charge in [0, 0.05) is 123 Å². The summed E-state index contributed by atoms with van der Waals surface area (Å²) in [5.41, 5.74) is 28.7. The van der Waals surface area contributed by atoms with Crippen molar-refractivity contribution >= 4 is 216 Å². The number of furan rings is 2. The van der Waals surface area contributed by atoms with Gasteiger partial charge in [0.05, 0.1) is 33.1 Å². The fourth-order valence-corrected chi connectivity index (χ4v) is 21.7. The number of nitrogens with one attached hydrogen (secondary N) is 1. The Labute approximate surface area is 834 Å². The summed E-state index contributed by atoms with van der Waals surface area (Å²) in [6.07, 6.45) is 1.75. The summed E-state index contributed by atoms with van der Waals surface area (Å²) in [6, 6.07) is 179. The number of H-pyrrole nitrogens is 1. The molecule has 0 saturated carbocycles. The molecule has 0 fully saturated rings. The molecule has 0 spiro atoms. The number of imidazole rings is 1. The number of aromatic nitrogens is 5. The van der Waals surface area contributed by atoms with Gasteiger partial charge in [0.2, 0.25) is 5.52 Å². The molecular weight excluding hydrogens is 1740 g/mol. The summed E-state index contributed by atoms with van der Waals surface area (Å²) in [6.45, 7) is 0. The van der Waals surface area contributed by atoms with Crippen LogP contribution in [-0.2, 0) is 0 Å². The minimum atomic E-state index is 0. The van der Waals surface area contributed by atoms with E-state index in [0.717, 1.165) is 150 Å². The number of anilines is 6. The standard InChI is InChI=1S/C70H44N4O2.C53H34N2.C9H7NO.Li/c1-5-17-47(18-6-1)71(51-29-33-57-55-25-13-15-27-63(55)73(65(57)41-51)49-21-9-3-10-22-49)53-31-35-59-61-37-45-40-68-62(38-46(45)39-67(61)75-69(59)43-53)60-36-32-54(44-70(60)76-68)72(48-19-7-2-8-20-48)52-30-34-58-56-26-14-16-28-64(56)74(66(58)42-52)50-23-11-4-12-24-50;1-2-16-44(17-3-1)55-50-21-11-10-20-49(50)54-53(55)38-26-22-37(23-27-38)41-30-31-47-48(34-41)52(43-29-25-36-13-5-7-15-40(36)33-43)46-19-9-8-18-45(46)51(47)42-28-24-35-12-4-6-14-39(35)32-42;11-8-5-1-3-7-4-2-6-10-9(7)8;/h1-44H;1-34H;1-6,11H;/q;;;-1. The number of hydrogen-bond donors (Lipinski definition) is 0. The van der Waals surface area contributed by atoms with Crippen molar-refractivity contribution in [1.82, 2.24) is 18.7 Å². The number of fused-ring (bicyclic) bond motifs is 19. The minimum Gasteiger partial charge on any atom is -1.00 e. The second-order valence-electron chi connectivity index (χ2n) is 36.5. The first-order valence-corrected chi connectivity index (χ1v) is 48.1. The van der Waals surface area contributed by atoms with Crippen molar-refractivity contribution in [2.24, 2.45) is 0 Å². The number of hydrogen-bond acceptors (Lipinski definition) is 6. The van der Waals surface area contributed by atoms with E-state index in [1.807, 2.05) is 18.2 Å². The van der Waals surface area contributed by atoms with Crippen LogP contribution in [0.5, 0.6) is 5.75 Å². The summed E-state index contributed by atoms with van der Waals surface area (Å²) in [4.78, 5) is 12.7. The molecule has 11 heteroatoms. The van der Waals surface area contributed by atoms with Gasteiger partial charge in [-0.1, -0.05) is 297 Å². The Morgan fingerprint density at radius 2 is 0.587 bits per heavy atom. The molecule has 0 aliphatic rings. The molecule has 0 bridgehead atoms. The monoisotopic (exact) mass is 1820 g/mol. The van der Waals surface area contributed by atoms with E-state index >= 15 is 0 Å². The van der Waals surface area contributed by atoms with Crippen molar-refractivity contribution in [3.05, 3.63) is 510 Å². The molecule has 10 nitrogen and oxygen atoms in total. The van der Waals surface area contributed by atoms with Gasteiger partial charge in [-0.2, -0.15) is 0 Å². The van der Waals surface area contributed by atoms with Gasteiger partial charge in [-0.3, -0.25) is 4.57 Å². The zero-order valence-electron chi connectivity index (χ0n) is 77.9. The van der Waals surface area contributed by atoms with E-state index in [-0.39, 0.29) is 24.6 Å². The Morgan fingerprint density at radius 3 is 1.10 bits per heavy atom. The summed E-state index contributed by atoms with van der Waals surface area (Å²) in [5.74, 6) is 0.977. The predicted octanol–water partition coefficient (Wildman–Crippen LogP) is 34.4. The maximum atomic E-state index is 11.1. The molecule has 1 N–H and O–H groups in total. The largest absolute Gasteiger partial charge is 1.00 e. The van der Waals surface area contributed by atoms with E-state index in [0.29, 0.717) is 5.52 Å². The Bertz CT molecular complexity index is 9710. The van der Waals surface area contributed by atoms with Crippen molar-refractivity contribution in [1.29, 1.82) is 0 Å². The molecule has 0 atom stereocenters. The van der Waals surface area contributed by atoms with Crippen LogP contribution in [0.1, 0.15) is 0 Å². The van der Waals surface area contributed by atoms with E-state index in [1.165, 1.54) is 103 Å². The van der Waals surface area contributed by atoms with E-state index in [2.05, 4.69) is 502 Å². The van der Waals surface area contributed by atoms with E-state index < -0.39 is 0 Å². The molecule has 143 heavy (non-hydrogen) atoms. The minimum absolute atomic E-state index is 0. The predicted molar refractivity (Wildman–Crippen MR) is 595 cm³/mol. The van der Waals surface area contributed by atoms with E-state index in [4.69, 9.17) is 13.8 Å². The third-order valence-corrected chi connectivity index (χ3v) is 28.2. The third kappa shape index (κ3) is 14.9. The van der Waals surface area contributed by atoms with Crippen LogP contribution < -0.4 is 19.9 Å². The van der Waals surface area contributed by atoms with Gasteiger partial charge in [-0.05, 0) is 281 Å². The number of rotatable bonds is 13. The van der Waals surface area contributed by atoms with Crippen molar-refractivity contribution in [2.45, 2.75) is 0 Å². The van der Waals surface area contributed by atoms with Gasteiger partial charge in [0.15, 0.2) is 6.20 Å². The number of nitrogens with zero attached hydrogens (tertiary/aromatic N) is 6. The molecular formula is C132H85LiN7O3-. The third-order valence-electron chi connectivity index (χ3n) is 28.2. The summed E-state index contributed by atoms with van der Waals surface area (Å²) >= 11 is 0. The SMILES string of the molecule is [Li-].[O-]c1cccc2ccc[nH+]c12.c1ccc(-n2c(-c3ccc(-c4ccc5c(-c6ccc7ccccc7c6)c6ccccc6c(-c6ccc7ccccc7c6)c5c4)cc3)nc3ccccc32)cc1.c1ccc(N(c2ccc3c(c2)oc2cc4cc5c(cc4cc23)oc2cc(N(c3ccccc3)c3ccc4c6ccccc6n(-c6ccccc6)c4c3)ccc25)c2ccc3c4ccccc4n(-c4ccccc4)c3c2)cc1. The fraction of sp³-hybridized carbons (Fsp3) is 0. The Morgan fingerprint density at radius 1 is 0.217 bits per heavy atom. The van der Waals surface area contributed by atoms with Gasteiger partial charge in [0.25, 0.3) is 0 Å². The maximum absolute atomic E-state index is 11.1. The molecule has 668 valence electrons. The van der Waals surface area contributed by atoms with Crippen LogP contribution in [-0.4, -0.2) is 37.5 Å². The molecule has 23 aromatic carbocycles. The first-order valence-electron chi connectivity index (χ1n) is 48.1. The molecule has 6 aromatic heterocycles. The number of para-hydroxylation sites is 10. The first kappa shape index (κ1) is 84.9. The smallest absolute Gasteiger partial charge is 0.202 e. The summed E-state index contributed by atoms with van der Waals surface area (Å²) < 4.78 is 20.7. The van der Waals surface area contributed by atoms with Crippen LogP contribution in [0.25, 0.3) is 225 Å². The fourth-order valence-electron chi connectivity index (χ4n) is 21.7. The summed E-state index contributed by atoms with van der Waals surface area (Å²) in [7, 11) is 0. The maximum Gasteiger partial charge on any atom is 0.202 e. The first-order chi connectivity index (χ1) is 70.3. The second kappa shape index (κ2) is 35.5. The number of aromatic amines is 1. The topological polar surface area (TPSA) is 97.6 Å².